The molecular formula is C20H20N4O2. The van der Waals surface area contributed by atoms with Gasteiger partial charge in [-0.15, -0.1) is 0 Å². The topological polar surface area (TPSA) is 91.2 Å². The second-order valence-electron chi connectivity index (χ2n) is 6.56. The summed E-state index contributed by atoms with van der Waals surface area (Å²) in [4.78, 5) is 29.5. The summed E-state index contributed by atoms with van der Waals surface area (Å²) in [5.74, 6) is -1.17. The first-order valence-electron chi connectivity index (χ1n) is 8.59. The van der Waals surface area contributed by atoms with E-state index in [1.54, 1.807) is 0 Å². The standard InChI is InChI=1S/C20H20N4O2/c21-17-12-24(11-14-6-1-3-7-16(14)17)20(26)19(25)22-10-15-9-13-5-2-4-8-18(13)23-15/h1-9,17,23H,10-12,21H2,(H,22,25). The number of carbonyl (C=O) groups excluding carboxylic acids is 2. The first kappa shape index (κ1) is 16.4. The minimum atomic E-state index is -0.616. The third-order valence-electron chi connectivity index (χ3n) is 4.74. The summed E-state index contributed by atoms with van der Waals surface area (Å²) in [6.45, 7) is 1.02. The van der Waals surface area contributed by atoms with Crippen LogP contribution in [-0.2, 0) is 22.7 Å². The lowest BCUT2D eigenvalue weighted by Crippen LogP contribution is -2.47. The molecule has 132 valence electrons. The Morgan fingerprint density at radius 2 is 1.92 bits per heavy atom. The van der Waals surface area contributed by atoms with Gasteiger partial charge in [0.15, 0.2) is 0 Å². The number of para-hydroxylation sites is 1. The van der Waals surface area contributed by atoms with E-state index in [-0.39, 0.29) is 12.6 Å². The van der Waals surface area contributed by atoms with Crippen molar-refractivity contribution in [3.63, 3.8) is 0 Å². The zero-order valence-corrected chi connectivity index (χ0v) is 14.2. The molecule has 1 aromatic heterocycles. The molecule has 0 fully saturated rings. The van der Waals surface area contributed by atoms with Gasteiger partial charge in [0, 0.05) is 30.3 Å². The van der Waals surface area contributed by atoms with Crippen LogP contribution in [0.1, 0.15) is 22.9 Å². The highest BCUT2D eigenvalue weighted by Gasteiger charge is 2.29. The molecule has 0 saturated heterocycles. The SMILES string of the molecule is NC1CN(C(=O)C(=O)NCc2cc3ccccc3[nH]2)Cc2ccccc21. The van der Waals surface area contributed by atoms with E-state index in [1.807, 2.05) is 54.6 Å². The fourth-order valence-electron chi connectivity index (χ4n) is 3.42. The fourth-order valence-corrected chi connectivity index (χ4v) is 3.42. The molecule has 6 heteroatoms. The van der Waals surface area contributed by atoms with Crippen molar-refractivity contribution >= 4 is 22.7 Å². The van der Waals surface area contributed by atoms with Gasteiger partial charge < -0.3 is 20.9 Å². The van der Waals surface area contributed by atoms with Crippen LogP contribution in [0.25, 0.3) is 10.9 Å². The largest absolute Gasteiger partial charge is 0.357 e. The molecule has 0 bridgehead atoms. The van der Waals surface area contributed by atoms with E-state index in [0.29, 0.717) is 13.1 Å². The van der Waals surface area contributed by atoms with E-state index < -0.39 is 11.8 Å². The van der Waals surface area contributed by atoms with Crippen molar-refractivity contribution < 1.29 is 9.59 Å². The number of amides is 2. The molecule has 2 aromatic carbocycles. The molecule has 4 N–H and O–H groups in total. The number of hydrogen-bond donors (Lipinski definition) is 3. The van der Waals surface area contributed by atoms with E-state index in [4.69, 9.17) is 5.73 Å². The van der Waals surface area contributed by atoms with Gasteiger partial charge in [-0.3, -0.25) is 9.59 Å². The monoisotopic (exact) mass is 348 g/mol. The fraction of sp³-hybridized carbons (Fsp3) is 0.200. The zero-order chi connectivity index (χ0) is 18.1. The Bertz CT molecular complexity index is 946. The Balaban J connectivity index is 1.41. The number of rotatable bonds is 2. The predicted molar refractivity (Wildman–Crippen MR) is 98.9 cm³/mol. The number of fused-ring (bicyclic) bond motifs is 2. The minimum absolute atomic E-state index is 0.273. The average molecular weight is 348 g/mol. The van der Waals surface area contributed by atoms with Gasteiger partial charge in [-0.25, -0.2) is 0 Å². The number of nitrogens with one attached hydrogen (secondary N) is 2. The van der Waals surface area contributed by atoms with Crippen molar-refractivity contribution in [1.82, 2.24) is 15.2 Å². The summed E-state index contributed by atoms with van der Waals surface area (Å²) in [6, 6.07) is 17.3. The van der Waals surface area contributed by atoms with Crippen molar-refractivity contribution in [2.24, 2.45) is 5.73 Å². The first-order chi connectivity index (χ1) is 12.6. The second kappa shape index (κ2) is 6.65. The lowest BCUT2D eigenvalue weighted by Gasteiger charge is -2.32. The predicted octanol–water partition coefficient (Wildman–Crippen LogP) is 1.83. The number of hydrogen-bond acceptors (Lipinski definition) is 3. The number of carbonyl (C=O) groups is 2. The van der Waals surface area contributed by atoms with Gasteiger partial charge in [0.05, 0.1) is 6.54 Å². The summed E-state index contributed by atoms with van der Waals surface area (Å²) < 4.78 is 0. The molecule has 1 unspecified atom stereocenters. The van der Waals surface area contributed by atoms with Gasteiger partial charge in [0.2, 0.25) is 0 Å². The Hall–Kier alpha value is -3.12. The van der Waals surface area contributed by atoms with Crippen LogP contribution in [-0.4, -0.2) is 28.2 Å². The van der Waals surface area contributed by atoms with Gasteiger partial charge in [0.25, 0.3) is 0 Å². The number of benzene rings is 2. The van der Waals surface area contributed by atoms with E-state index in [2.05, 4.69) is 10.3 Å². The number of nitrogens with zero attached hydrogens (tertiary/aromatic N) is 1. The van der Waals surface area contributed by atoms with Crippen molar-refractivity contribution in [2.45, 2.75) is 19.1 Å². The van der Waals surface area contributed by atoms with Crippen LogP contribution in [0, 0.1) is 0 Å². The summed E-state index contributed by atoms with van der Waals surface area (Å²) >= 11 is 0. The summed E-state index contributed by atoms with van der Waals surface area (Å²) in [6.07, 6.45) is 0. The van der Waals surface area contributed by atoms with Crippen LogP contribution in [0.3, 0.4) is 0 Å². The maximum Gasteiger partial charge on any atom is 0.312 e. The Kier molecular flexibility index (Phi) is 4.18. The van der Waals surface area contributed by atoms with Gasteiger partial charge >= 0.3 is 11.8 Å². The Labute approximate surface area is 151 Å². The zero-order valence-electron chi connectivity index (χ0n) is 14.2. The molecule has 2 heterocycles. The highest BCUT2D eigenvalue weighted by atomic mass is 16.2. The lowest BCUT2D eigenvalue weighted by atomic mass is 9.96. The second-order valence-corrected chi connectivity index (χ2v) is 6.56. The maximum atomic E-state index is 12.5. The molecule has 0 aliphatic carbocycles. The molecule has 0 spiro atoms. The van der Waals surface area contributed by atoms with E-state index in [1.165, 1.54) is 4.90 Å². The molecule has 1 aliphatic heterocycles. The summed E-state index contributed by atoms with van der Waals surface area (Å²) in [5, 5.41) is 3.76. The van der Waals surface area contributed by atoms with Crippen molar-refractivity contribution in [3.8, 4) is 0 Å². The van der Waals surface area contributed by atoms with Gasteiger partial charge in [0.1, 0.15) is 0 Å². The van der Waals surface area contributed by atoms with Gasteiger partial charge in [-0.1, -0.05) is 42.5 Å². The quantitative estimate of drug-likeness (QED) is 0.617. The highest BCUT2D eigenvalue weighted by Crippen LogP contribution is 2.24. The van der Waals surface area contributed by atoms with E-state index in [0.717, 1.165) is 27.7 Å². The first-order valence-corrected chi connectivity index (χ1v) is 8.59. The maximum absolute atomic E-state index is 12.5. The molecule has 2 amide bonds. The summed E-state index contributed by atoms with van der Waals surface area (Å²) in [5.41, 5.74) is 10.0. The molecular weight excluding hydrogens is 328 g/mol. The number of aromatic nitrogens is 1. The Morgan fingerprint density at radius 1 is 1.15 bits per heavy atom. The highest BCUT2D eigenvalue weighted by molar-refractivity contribution is 6.35. The molecule has 1 aliphatic rings. The molecule has 1 atom stereocenters. The molecule has 6 nitrogen and oxygen atoms in total. The molecule has 4 rings (SSSR count). The normalized spacial score (nSPS) is 16.3. The van der Waals surface area contributed by atoms with Crippen LogP contribution in [0.5, 0.6) is 0 Å². The number of nitrogens with two attached hydrogens (primary N) is 1. The van der Waals surface area contributed by atoms with E-state index in [9.17, 15) is 9.59 Å². The Morgan fingerprint density at radius 3 is 2.77 bits per heavy atom. The number of H-pyrrole nitrogens is 1. The average Bonchev–Trinajstić information content (AvgIpc) is 3.08. The van der Waals surface area contributed by atoms with E-state index >= 15 is 0 Å². The van der Waals surface area contributed by atoms with Gasteiger partial charge in [-0.2, -0.15) is 0 Å². The lowest BCUT2D eigenvalue weighted by molar-refractivity contribution is -0.146. The minimum Gasteiger partial charge on any atom is -0.357 e. The molecule has 0 saturated carbocycles. The van der Waals surface area contributed by atoms with Gasteiger partial charge in [-0.05, 0) is 28.6 Å². The summed E-state index contributed by atoms with van der Waals surface area (Å²) in [7, 11) is 0. The van der Waals surface area contributed by atoms with Crippen LogP contribution < -0.4 is 11.1 Å². The molecule has 3 aromatic rings. The van der Waals surface area contributed by atoms with Crippen LogP contribution in [0.15, 0.2) is 54.6 Å². The van der Waals surface area contributed by atoms with Crippen LogP contribution in [0.2, 0.25) is 0 Å². The van der Waals surface area contributed by atoms with Crippen molar-refractivity contribution in [3.05, 3.63) is 71.4 Å². The molecule has 0 radical (unpaired) electrons. The van der Waals surface area contributed by atoms with Crippen molar-refractivity contribution in [1.29, 1.82) is 0 Å². The third-order valence-corrected chi connectivity index (χ3v) is 4.74. The van der Waals surface area contributed by atoms with Crippen molar-refractivity contribution in [2.75, 3.05) is 6.54 Å². The van der Waals surface area contributed by atoms with Crippen LogP contribution in [0.4, 0.5) is 0 Å². The van der Waals surface area contributed by atoms with Crippen LogP contribution >= 0.6 is 0 Å². The third kappa shape index (κ3) is 3.07. The smallest absolute Gasteiger partial charge is 0.312 e. The molecule has 26 heavy (non-hydrogen) atoms. The number of aromatic amines is 1.